The number of carbonyl (C=O) groups excluding carboxylic acids is 1. The molecule has 1 aromatic carbocycles. The molecule has 0 aromatic heterocycles. The van der Waals surface area contributed by atoms with Crippen molar-refractivity contribution in [2.45, 2.75) is 58.5 Å². The molecule has 0 bridgehead atoms. The molecule has 21 heavy (non-hydrogen) atoms. The Morgan fingerprint density at radius 2 is 1.76 bits per heavy atom. The molecule has 0 heterocycles. The number of Topliss-reactive ketones (excluding diaryl/α,β-unsaturated/α-hetero) is 1. The molecule has 1 aromatic rings. The topological polar surface area (TPSA) is 20.3 Å². The molecule has 0 amide bonds. The van der Waals surface area contributed by atoms with Crippen molar-refractivity contribution >= 4 is 5.78 Å². The third-order valence-electron chi connectivity index (χ3n) is 4.38. The predicted molar refractivity (Wildman–Crippen MR) is 84.0 cm³/mol. The number of benzene rings is 1. The van der Waals surface area contributed by atoms with Crippen LogP contribution < -0.4 is 0 Å². The maximum Gasteiger partial charge on any atom is 0.179 e. The molecule has 2 nitrogen and oxygen atoms in total. The van der Waals surface area contributed by atoms with Crippen LogP contribution >= 0.6 is 0 Å². The second-order valence-electron chi connectivity index (χ2n) is 6.58. The highest BCUT2D eigenvalue weighted by molar-refractivity contribution is 5.99. The summed E-state index contributed by atoms with van der Waals surface area (Å²) < 4.78 is 13.0. The van der Waals surface area contributed by atoms with Crippen molar-refractivity contribution in [1.82, 2.24) is 4.90 Å². The van der Waals surface area contributed by atoms with E-state index in [-0.39, 0.29) is 17.6 Å². The zero-order valence-corrected chi connectivity index (χ0v) is 13.3. The van der Waals surface area contributed by atoms with Crippen molar-refractivity contribution < 1.29 is 9.18 Å². The summed E-state index contributed by atoms with van der Waals surface area (Å²) in [6.45, 7) is 7.32. The number of hydrogen-bond donors (Lipinski definition) is 0. The van der Waals surface area contributed by atoms with Crippen molar-refractivity contribution in [2.75, 3.05) is 6.54 Å². The second kappa shape index (κ2) is 7.17. The first kappa shape index (κ1) is 16.2. The van der Waals surface area contributed by atoms with Crippen molar-refractivity contribution in [1.29, 1.82) is 0 Å². The van der Waals surface area contributed by atoms with Gasteiger partial charge in [0, 0.05) is 18.2 Å². The molecule has 1 aliphatic rings. The SMILES string of the molecule is CC(C)CN(C1CCCC1)C(C)C(=O)c1ccc(F)cc1. The maximum absolute atomic E-state index is 13.0. The number of ketones is 1. The summed E-state index contributed by atoms with van der Waals surface area (Å²) in [4.78, 5) is 15.0. The number of nitrogens with zero attached hydrogens (tertiary/aromatic N) is 1. The average Bonchev–Trinajstić information content (AvgIpc) is 2.98. The van der Waals surface area contributed by atoms with E-state index in [1.54, 1.807) is 12.1 Å². The lowest BCUT2D eigenvalue weighted by Crippen LogP contribution is -2.46. The third-order valence-corrected chi connectivity index (χ3v) is 4.38. The Labute approximate surface area is 127 Å². The zero-order chi connectivity index (χ0) is 15.4. The summed E-state index contributed by atoms with van der Waals surface area (Å²) in [5, 5.41) is 0. The van der Waals surface area contributed by atoms with Gasteiger partial charge in [-0.3, -0.25) is 9.69 Å². The number of halogens is 1. The van der Waals surface area contributed by atoms with E-state index in [2.05, 4.69) is 18.7 Å². The molecule has 1 saturated carbocycles. The molecule has 0 spiro atoms. The van der Waals surface area contributed by atoms with E-state index in [1.165, 1.54) is 37.8 Å². The van der Waals surface area contributed by atoms with E-state index in [9.17, 15) is 9.18 Å². The molecule has 116 valence electrons. The molecule has 1 aliphatic carbocycles. The van der Waals surface area contributed by atoms with Crippen LogP contribution in [0.5, 0.6) is 0 Å². The first-order chi connectivity index (χ1) is 9.99. The Hall–Kier alpha value is -1.22. The molecule has 1 atom stereocenters. The van der Waals surface area contributed by atoms with Crippen LogP contribution in [0.4, 0.5) is 4.39 Å². The highest BCUT2D eigenvalue weighted by Crippen LogP contribution is 2.27. The highest BCUT2D eigenvalue weighted by atomic mass is 19.1. The van der Waals surface area contributed by atoms with Gasteiger partial charge in [-0.25, -0.2) is 4.39 Å². The second-order valence-corrected chi connectivity index (χ2v) is 6.58. The minimum atomic E-state index is -0.297. The molecular weight excluding hydrogens is 265 g/mol. The molecule has 0 N–H and O–H groups in total. The maximum atomic E-state index is 13.0. The Morgan fingerprint density at radius 1 is 1.19 bits per heavy atom. The fourth-order valence-corrected chi connectivity index (χ4v) is 3.29. The fraction of sp³-hybridized carbons (Fsp3) is 0.611. The van der Waals surface area contributed by atoms with E-state index >= 15 is 0 Å². The van der Waals surface area contributed by atoms with Gasteiger partial charge in [-0.1, -0.05) is 26.7 Å². The molecule has 1 unspecified atom stereocenters. The van der Waals surface area contributed by atoms with Gasteiger partial charge in [-0.15, -0.1) is 0 Å². The summed E-state index contributed by atoms with van der Waals surface area (Å²) in [7, 11) is 0. The van der Waals surface area contributed by atoms with Gasteiger partial charge in [0.15, 0.2) is 5.78 Å². The Kier molecular flexibility index (Phi) is 5.51. The first-order valence-electron chi connectivity index (χ1n) is 8.04. The summed E-state index contributed by atoms with van der Waals surface area (Å²) in [5.41, 5.74) is 0.607. The van der Waals surface area contributed by atoms with E-state index < -0.39 is 0 Å². The van der Waals surface area contributed by atoms with E-state index in [1.807, 2.05) is 6.92 Å². The molecule has 2 rings (SSSR count). The minimum absolute atomic E-state index is 0.0996. The van der Waals surface area contributed by atoms with Gasteiger partial charge >= 0.3 is 0 Å². The van der Waals surface area contributed by atoms with Crippen molar-refractivity contribution in [2.24, 2.45) is 5.92 Å². The highest BCUT2D eigenvalue weighted by Gasteiger charge is 2.30. The minimum Gasteiger partial charge on any atom is -0.292 e. The number of rotatable bonds is 6. The molecular formula is C18H26FNO. The van der Waals surface area contributed by atoms with Crippen LogP contribution in [0.3, 0.4) is 0 Å². The third kappa shape index (κ3) is 4.13. The lowest BCUT2D eigenvalue weighted by molar-refractivity contribution is 0.0731. The van der Waals surface area contributed by atoms with Crippen LogP contribution in [0.2, 0.25) is 0 Å². The number of hydrogen-bond acceptors (Lipinski definition) is 2. The van der Waals surface area contributed by atoms with Gasteiger partial charge in [0.05, 0.1) is 6.04 Å². The Balaban J connectivity index is 2.14. The first-order valence-corrected chi connectivity index (χ1v) is 8.04. The smallest absolute Gasteiger partial charge is 0.179 e. The molecule has 1 fully saturated rings. The standard InChI is InChI=1S/C18H26FNO/c1-13(2)12-20(17-6-4-5-7-17)14(3)18(21)15-8-10-16(19)11-9-15/h8-11,13-14,17H,4-7,12H2,1-3H3. The largest absolute Gasteiger partial charge is 0.292 e. The summed E-state index contributed by atoms with van der Waals surface area (Å²) >= 11 is 0. The Morgan fingerprint density at radius 3 is 2.29 bits per heavy atom. The molecule has 0 radical (unpaired) electrons. The lowest BCUT2D eigenvalue weighted by Gasteiger charge is -2.35. The van der Waals surface area contributed by atoms with Gasteiger partial charge in [0.1, 0.15) is 5.82 Å². The van der Waals surface area contributed by atoms with Gasteiger partial charge < -0.3 is 0 Å². The van der Waals surface area contributed by atoms with Crippen LogP contribution in [0.1, 0.15) is 56.8 Å². The van der Waals surface area contributed by atoms with Crippen LogP contribution in [0.15, 0.2) is 24.3 Å². The normalized spacial score (nSPS) is 17.6. The van der Waals surface area contributed by atoms with Crippen LogP contribution in [-0.2, 0) is 0 Å². The van der Waals surface area contributed by atoms with E-state index in [0.717, 1.165) is 6.54 Å². The van der Waals surface area contributed by atoms with Gasteiger partial charge in [-0.2, -0.15) is 0 Å². The molecule has 0 aliphatic heterocycles. The summed E-state index contributed by atoms with van der Waals surface area (Å²) in [6, 6.07) is 6.30. The van der Waals surface area contributed by atoms with Crippen LogP contribution in [0, 0.1) is 11.7 Å². The quantitative estimate of drug-likeness (QED) is 0.728. The monoisotopic (exact) mass is 291 g/mol. The van der Waals surface area contributed by atoms with Gasteiger partial charge in [-0.05, 0) is 49.9 Å². The van der Waals surface area contributed by atoms with E-state index in [0.29, 0.717) is 17.5 Å². The van der Waals surface area contributed by atoms with Crippen LogP contribution in [-0.4, -0.2) is 29.3 Å². The zero-order valence-electron chi connectivity index (χ0n) is 13.3. The van der Waals surface area contributed by atoms with Crippen molar-refractivity contribution in [3.63, 3.8) is 0 Å². The lowest BCUT2D eigenvalue weighted by atomic mass is 10.0. The number of carbonyl (C=O) groups is 1. The van der Waals surface area contributed by atoms with Crippen molar-refractivity contribution in [3.8, 4) is 0 Å². The van der Waals surface area contributed by atoms with Crippen molar-refractivity contribution in [3.05, 3.63) is 35.6 Å². The van der Waals surface area contributed by atoms with Gasteiger partial charge in [0.25, 0.3) is 0 Å². The molecule has 0 saturated heterocycles. The average molecular weight is 291 g/mol. The summed E-state index contributed by atoms with van der Waals surface area (Å²) in [6.07, 6.45) is 4.90. The Bertz CT molecular complexity index is 463. The molecule has 3 heteroatoms. The predicted octanol–water partition coefficient (Wildman–Crippen LogP) is 4.30. The summed E-state index contributed by atoms with van der Waals surface area (Å²) in [5.74, 6) is 0.339. The van der Waals surface area contributed by atoms with E-state index in [4.69, 9.17) is 0 Å². The fourth-order valence-electron chi connectivity index (χ4n) is 3.29. The van der Waals surface area contributed by atoms with Gasteiger partial charge in [0.2, 0.25) is 0 Å². The van der Waals surface area contributed by atoms with Crippen LogP contribution in [0.25, 0.3) is 0 Å².